The molecule has 0 unspecified atom stereocenters. The van der Waals surface area contributed by atoms with Crippen LogP contribution in [0.15, 0.2) is 84.9 Å². The lowest BCUT2D eigenvalue weighted by Crippen LogP contribution is -2.23. The van der Waals surface area contributed by atoms with Crippen LogP contribution in [0.2, 0.25) is 0 Å². The second-order valence-corrected chi connectivity index (χ2v) is 7.09. The third-order valence-electron chi connectivity index (χ3n) is 4.22. The van der Waals surface area contributed by atoms with Crippen molar-refractivity contribution in [2.75, 3.05) is 12.0 Å². The second-order valence-electron chi connectivity index (χ2n) is 6.08. The van der Waals surface area contributed by atoms with E-state index in [1.165, 1.54) is 11.3 Å². The molecule has 4 aromatic rings. The first-order chi connectivity index (χ1) is 13.7. The number of nitrogens with zero attached hydrogens (tertiary/aromatic N) is 2. The van der Waals surface area contributed by atoms with E-state index in [2.05, 4.69) is 4.98 Å². The number of hydrogen-bond acceptors (Lipinski definition) is 4. The van der Waals surface area contributed by atoms with Crippen LogP contribution in [0, 0.1) is 0 Å². The number of hydrogen-bond donors (Lipinski definition) is 0. The van der Waals surface area contributed by atoms with Crippen molar-refractivity contribution < 1.29 is 9.53 Å². The normalized spacial score (nSPS) is 11.0. The van der Waals surface area contributed by atoms with Gasteiger partial charge in [0, 0.05) is 6.08 Å². The molecule has 0 radical (unpaired) electrons. The zero-order chi connectivity index (χ0) is 19.3. The average Bonchev–Trinajstić information content (AvgIpc) is 3.17. The van der Waals surface area contributed by atoms with Crippen LogP contribution in [-0.4, -0.2) is 18.0 Å². The fraction of sp³-hybridized carbons (Fsp3) is 0.0435. The molecule has 4 nitrogen and oxygen atoms in total. The Balaban J connectivity index is 1.70. The number of amides is 1. The average molecular weight is 386 g/mol. The highest BCUT2D eigenvalue weighted by molar-refractivity contribution is 7.22. The van der Waals surface area contributed by atoms with Crippen molar-refractivity contribution in [3.8, 4) is 5.75 Å². The molecule has 3 aromatic carbocycles. The highest BCUT2D eigenvalue weighted by Gasteiger charge is 2.19. The number of carbonyl (C=O) groups excluding carboxylic acids is 1. The van der Waals surface area contributed by atoms with Crippen LogP contribution in [0.1, 0.15) is 5.56 Å². The lowest BCUT2D eigenvalue weighted by molar-refractivity contribution is -0.113. The number of thiazole rings is 1. The van der Waals surface area contributed by atoms with Crippen LogP contribution < -0.4 is 9.64 Å². The number of benzene rings is 3. The first-order valence-electron chi connectivity index (χ1n) is 8.81. The molecule has 0 bridgehead atoms. The largest absolute Gasteiger partial charge is 0.497 e. The molecule has 1 heterocycles. The third-order valence-corrected chi connectivity index (χ3v) is 5.24. The number of ether oxygens (including phenoxy) is 1. The van der Waals surface area contributed by atoms with Gasteiger partial charge in [-0.3, -0.25) is 9.69 Å². The van der Waals surface area contributed by atoms with Crippen LogP contribution in [0.25, 0.3) is 16.3 Å². The minimum Gasteiger partial charge on any atom is -0.497 e. The molecule has 0 fully saturated rings. The highest BCUT2D eigenvalue weighted by atomic mass is 32.1. The third kappa shape index (κ3) is 3.80. The van der Waals surface area contributed by atoms with Gasteiger partial charge in [-0.1, -0.05) is 53.8 Å². The summed E-state index contributed by atoms with van der Waals surface area (Å²) in [6, 6.07) is 25.0. The van der Waals surface area contributed by atoms with Gasteiger partial charge in [0.25, 0.3) is 5.91 Å². The van der Waals surface area contributed by atoms with E-state index in [0.717, 1.165) is 27.2 Å². The van der Waals surface area contributed by atoms with E-state index in [0.29, 0.717) is 5.13 Å². The van der Waals surface area contributed by atoms with E-state index in [-0.39, 0.29) is 5.91 Å². The van der Waals surface area contributed by atoms with Crippen molar-refractivity contribution in [3.05, 3.63) is 90.5 Å². The molecule has 138 valence electrons. The van der Waals surface area contributed by atoms with Crippen LogP contribution in [0.3, 0.4) is 0 Å². The number of para-hydroxylation sites is 2. The van der Waals surface area contributed by atoms with Gasteiger partial charge in [-0.2, -0.15) is 0 Å². The standard InChI is InChI=1S/C23H18N2O2S/c1-27-19-11-7-8-17(16-19)14-15-22(26)25(18-9-3-2-4-10-18)23-24-20-12-5-6-13-21(20)28-23/h2-16H,1H3/b15-14+. The van der Waals surface area contributed by atoms with E-state index in [1.54, 1.807) is 24.2 Å². The summed E-state index contributed by atoms with van der Waals surface area (Å²) in [5, 5.41) is 0.646. The molecule has 1 amide bonds. The van der Waals surface area contributed by atoms with Crippen LogP contribution in [0.4, 0.5) is 10.8 Å². The van der Waals surface area contributed by atoms with E-state index >= 15 is 0 Å². The van der Waals surface area contributed by atoms with Gasteiger partial charge in [0.15, 0.2) is 5.13 Å². The maximum absolute atomic E-state index is 13.1. The van der Waals surface area contributed by atoms with Crippen LogP contribution in [0.5, 0.6) is 5.75 Å². The van der Waals surface area contributed by atoms with Crippen LogP contribution >= 0.6 is 11.3 Å². The molecule has 0 N–H and O–H groups in total. The van der Waals surface area contributed by atoms with Gasteiger partial charge in [-0.25, -0.2) is 4.98 Å². The molecule has 0 saturated carbocycles. The quantitative estimate of drug-likeness (QED) is 0.414. The van der Waals surface area contributed by atoms with E-state index in [1.807, 2.05) is 78.9 Å². The monoisotopic (exact) mass is 386 g/mol. The summed E-state index contributed by atoms with van der Waals surface area (Å²) in [5.74, 6) is 0.591. The molecule has 0 aliphatic rings. The summed E-state index contributed by atoms with van der Waals surface area (Å²) in [5.41, 5.74) is 2.56. The Morgan fingerprint density at radius 1 is 1.00 bits per heavy atom. The zero-order valence-corrected chi connectivity index (χ0v) is 16.1. The lowest BCUT2D eigenvalue weighted by atomic mass is 10.2. The minimum absolute atomic E-state index is 0.159. The first-order valence-corrected chi connectivity index (χ1v) is 9.63. The van der Waals surface area contributed by atoms with Gasteiger partial charge in [0.05, 0.1) is 23.0 Å². The van der Waals surface area contributed by atoms with Gasteiger partial charge in [-0.15, -0.1) is 0 Å². The van der Waals surface area contributed by atoms with Crippen molar-refractivity contribution in [1.82, 2.24) is 4.98 Å². The SMILES string of the molecule is COc1cccc(/C=C/C(=O)N(c2ccccc2)c2nc3ccccc3s2)c1. The van der Waals surface area contributed by atoms with E-state index < -0.39 is 0 Å². The number of carbonyl (C=O) groups is 1. The first kappa shape index (κ1) is 17.9. The Hall–Kier alpha value is -3.44. The zero-order valence-electron chi connectivity index (χ0n) is 15.3. The number of methoxy groups -OCH3 is 1. The molecule has 5 heteroatoms. The summed E-state index contributed by atoms with van der Waals surface area (Å²) in [6.07, 6.45) is 3.35. The molecule has 0 aliphatic heterocycles. The smallest absolute Gasteiger partial charge is 0.257 e. The minimum atomic E-state index is -0.159. The highest BCUT2D eigenvalue weighted by Crippen LogP contribution is 2.33. The number of rotatable bonds is 5. The molecule has 0 spiro atoms. The summed E-state index contributed by atoms with van der Waals surface area (Å²) >= 11 is 1.50. The van der Waals surface area contributed by atoms with E-state index in [4.69, 9.17) is 4.74 Å². The predicted octanol–water partition coefficient (Wildman–Crippen LogP) is 5.68. The Morgan fingerprint density at radius 3 is 2.57 bits per heavy atom. The van der Waals surface area contributed by atoms with Gasteiger partial charge >= 0.3 is 0 Å². The summed E-state index contributed by atoms with van der Waals surface area (Å²) in [7, 11) is 1.62. The molecule has 1 aromatic heterocycles. The summed E-state index contributed by atoms with van der Waals surface area (Å²) < 4.78 is 6.29. The van der Waals surface area contributed by atoms with Crippen molar-refractivity contribution >= 4 is 44.4 Å². The topological polar surface area (TPSA) is 42.4 Å². The van der Waals surface area contributed by atoms with Crippen LogP contribution in [-0.2, 0) is 4.79 Å². The Kier molecular flexibility index (Phi) is 5.17. The molecule has 0 aliphatic carbocycles. The maximum atomic E-state index is 13.1. The molecule has 28 heavy (non-hydrogen) atoms. The fourth-order valence-corrected chi connectivity index (χ4v) is 3.84. The Morgan fingerprint density at radius 2 is 1.79 bits per heavy atom. The fourth-order valence-electron chi connectivity index (χ4n) is 2.85. The summed E-state index contributed by atoms with van der Waals surface area (Å²) in [4.78, 5) is 19.4. The predicted molar refractivity (Wildman–Crippen MR) is 115 cm³/mol. The Bertz CT molecular complexity index is 1100. The van der Waals surface area contributed by atoms with Crippen molar-refractivity contribution in [1.29, 1.82) is 0 Å². The molecule has 0 atom stereocenters. The van der Waals surface area contributed by atoms with Crippen molar-refractivity contribution in [3.63, 3.8) is 0 Å². The number of fused-ring (bicyclic) bond motifs is 1. The van der Waals surface area contributed by atoms with Gasteiger partial charge in [0.1, 0.15) is 5.75 Å². The van der Waals surface area contributed by atoms with E-state index in [9.17, 15) is 4.79 Å². The molecule has 0 saturated heterocycles. The lowest BCUT2D eigenvalue weighted by Gasteiger charge is -2.18. The summed E-state index contributed by atoms with van der Waals surface area (Å²) in [6.45, 7) is 0. The van der Waals surface area contributed by atoms with Gasteiger partial charge in [0.2, 0.25) is 0 Å². The van der Waals surface area contributed by atoms with Gasteiger partial charge < -0.3 is 4.74 Å². The van der Waals surface area contributed by atoms with Crippen molar-refractivity contribution in [2.24, 2.45) is 0 Å². The molecular weight excluding hydrogens is 368 g/mol. The molecular formula is C23H18N2O2S. The number of anilines is 2. The Labute approximate surface area is 167 Å². The van der Waals surface area contributed by atoms with Gasteiger partial charge in [-0.05, 0) is 48.0 Å². The van der Waals surface area contributed by atoms with Crippen molar-refractivity contribution in [2.45, 2.75) is 0 Å². The number of aromatic nitrogens is 1. The second kappa shape index (κ2) is 8.06. The molecule has 4 rings (SSSR count). The maximum Gasteiger partial charge on any atom is 0.257 e.